The quantitative estimate of drug-likeness (QED) is 0.330. The average molecular weight is 470 g/mol. The van der Waals surface area contributed by atoms with Crippen LogP contribution in [0.3, 0.4) is 0 Å². The number of para-hydroxylation sites is 1. The van der Waals surface area contributed by atoms with Crippen LogP contribution in [0, 0.1) is 0 Å². The third kappa shape index (κ3) is 4.43. The van der Waals surface area contributed by atoms with Gasteiger partial charge in [0.15, 0.2) is 0 Å². The van der Waals surface area contributed by atoms with E-state index < -0.39 is 0 Å². The first kappa shape index (κ1) is 21.9. The number of nitrogens with one attached hydrogen (secondary N) is 1. The third-order valence-electron chi connectivity index (χ3n) is 5.76. The van der Waals surface area contributed by atoms with E-state index in [4.69, 9.17) is 4.74 Å². The number of carbonyl (C=O) groups is 2. The second-order valence-electron chi connectivity index (χ2n) is 7.97. The third-order valence-corrected chi connectivity index (χ3v) is 6.82. The number of rotatable bonds is 8. The minimum Gasteiger partial charge on any atom is -0.497 e. The molecule has 7 heteroatoms. The van der Waals surface area contributed by atoms with Crippen LogP contribution in [-0.4, -0.2) is 34.9 Å². The molecule has 2 aromatic carbocycles. The molecular formula is C27H23N3O3S. The predicted molar refractivity (Wildman–Crippen MR) is 135 cm³/mol. The number of thiophene rings is 1. The lowest BCUT2D eigenvalue weighted by molar-refractivity contribution is -0.121. The number of ketones is 1. The molecular weight excluding hydrogens is 446 g/mol. The molecule has 0 aliphatic rings. The molecule has 1 amide bonds. The van der Waals surface area contributed by atoms with Gasteiger partial charge in [0.25, 0.3) is 0 Å². The summed E-state index contributed by atoms with van der Waals surface area (Å²) < 4.78 is 7.02. The van der Waals surface area contributed by atoms with Gasteiger partial charge in [-0.15, -0.1) is 11.3 Å². The van der Waals surface area contributed by atoms with Gasteiger partial charge in [0.05, 0.1) is 12.0 Å². The lowest BCUT2D eigenvalue weighted by atomic mass is 10.1. The van der Waals surface area contributed by atoms with Crippen LogP contribution in [0.2, 0.25) is 0 Å². The first-order valence-electron chi connectivity index (χ1n) is 11.0. The number of carbonyl (C=O) groups excluding carboxylic acids is 2. The first-order valence-corrected chi connectivity index (χ1v) is 11.8. The van der Waals surface area contributed by atoms with Crippen LogP contribution in [0.25, 0.3) is 21.1 Å². The fourth-order valence-corrected chi connectivity index (χ4v) is 4.98. The highest BCUT2D eigenvalue weighted by Gasteiger charge is 2.19. The van der Waals surface area contributed by atoms with E-state index in [9.17, 15) is 9.59 Å². The molecule has 34 heavy (non-hydrogen) atoms. The number of benzene rings is 2. The van der Waals surface area contributed by atoms with Gasteiger partial charge in [0, 0.05) is 40.8 Å². The van der Waals surface area contributed by atoms with E-state index in [1.165, 1.54) is 11.3 Å². The molecule has 0 aliphatic heterocycles. The summed E-state index contributed by atoms with van der Waals surface area (Å²) in [5.74, 6) is 0.654. The topological polar surface area (TPSA) is 73.2 Å². The van der Waals surface area contributed by atoms with Gasteiger partial charge in [-0.1, -0.05) is 36.4 Å². The number of nitrogens with zero attached hydrogens (tertiary/aromatic N) is 2. The number of hydrogen-bond acceptors (Lipinski definition) is 5. The maximum Gasteiger partial charge on any atom is 0.239 e. The van der Waals surface area contributed by atoms with Gasteiger partial charge < -0.3 is 14.6 Å². The van der Waals surface area contributed by atoms with Crippen molar-refractivity contribution in [2.45, 2.75) is 13.0 Å². The Balaban J connectivity index is 1.31. The van der Waals surface area contributed by atoms with Crippen molar-refractivity contribution >= 4 is 44.1 Å². The molecule has 6 nitrogen and oxygen atoms in total. The van der Waals surface area contributed by atoms with Gasteiger partial charge in [-0.2, -0.15) is 0 Å². The Morgan fingerprint density at radius 2 is 1.88 bits per heavy atom. The molecule has 0 unspecified atom stereocenters. The van der Waals surface area contributed by atoms with Gasteiger partial charge in [-0.05, 0) is 42.3 Å². The van der Waals surface area contributed by atoms with E-state index in [0.717, 1.165) is 38.9 Å². The highest BCUT2D eigenvalue weighted by atomic mass is 32.1. The molecule has 0 atom stereocenters. The Hall–Kier alpha value is -3.97. The maximum absolute atomic E-state index is 13.4. The van der Waals surface area contributed by atoms with Crippen LogP contribution < -0.4 is 10.1 Å². The Labute approximate surface area is 200 Å². The standard InChI is InChI=1S/C27H23N3O3S/c1-33-20-10-8-18(9-11-20)12-14-28-25(31)17-30-16-22(21-6-2-3-7-23(21)30)26(32)24-15-19-5-4-13-29-27(19)34-24/h2-11,13,15-16H,12,14,17H2,1H3,(H,28,31). The van der Waals surface area contributed by atoms with E-state index in [0.29, 0.717) is 17.0 Å². The Bertz CT molecular complexity index is 1450. The summed E-state index contributed by atoms with van der Waals surface area (Å²) in [6.45, 7) is 0.676. The summed E-state index contributed by atoms with van der Waals surface area (Å²) in [6.07, 6.45) is 4.24. The minimum atomic E-state index is -0.0978. The largest absolute Gasteiger partial charge is 0.497 e. The number of methoxy groups -OCH3 is 1. The highest BCUT2D eigenvalue weighted by Crippen LogP contribution is 2.29. The van der Waals surface area contributed by atoms with Crippen molar-refractivity contribution in [3.63, 3.8) is 0 Å². The van der Waals surface area contributed by atoms with Crippen LogP contribution >= 0.6 is 11.3 Å². The van der Waals surface area contributed by atoms with E-state index in [1.807, 2.05) is 71.3 Å². The SMILES string of the molecule is COc1ccc(CCNC(=O)Cn2cc(C(=O)c3cc4cccnc4s3)c3ccccc32)cc1. The van der Waals surface area contributed by atoms with Crippen LogP contribution in [-0.2, 0) is 17.8 Å². The van der Waals surface area contributed by atoms with Crippen LogP contribution in [0.4, 0.5) is 0 Å². The normalized spacial score (nSPS) is 11.1. The molecule has 0 bridgehead atoms. The molecule has 0 saturated heterocycles. The summed E-state index contributed by atoms with van der Waals surface area (Å²) in [5.41, 5.74) is 2.57. The zero-order valence-electron chi connectivity index (χ0n) is 18.7. The predicted octanol–water partition coefficient (Wildman–Crippen LogP) is 4.85. The molecule has 0 saturated carbocycles. The lowest BCUT2D eigenvalue weighted by Crippen LogP contribution is -2.29. The first-order chi connectivity index (χ1) is 16.6. The van der Waals surface area contributed by atoms with Crippen LogP contribution in [0.5, 0.6) is 5.75 Å². The monoisotopic (exact) mass is 469 g/mol. The van der Waals surface area contributed by atoms with Gasteiger partial charge in [0.2, 0.25) is 11.7 Å². The fourth-order valence-electron chi connectivity index (χ4n) is 4.03. The van der Waals surface area contributed by atoms with Crippen molar-refractivity contribution in [3.8, 4) is 5.75 Å². The van der Waals surface area contributed by atoms with Crippen molar-refractivity contribution < 1.29 is 14.3 Å². The number of aromatic nitrogens is 2. The number of amides is 1. The van der Waals surface area contributed by atoms with Crippen LogP contribution in [0.1, 0.15) is 20.8 Å². The molecule has 170 valence electrons. The minimum absolute atomic E-state index is 0.0575. The summed E-state index contributed by atoms with van der Waals surface area (Å²) in [6, 6.07) is 21.2. The second-order valence-corrected chi connectivity index (χ2v) is 9.00. The molecule has 1 N–H and O–H groups in total. The molecule has 3 heterocycles. The molecule has 0 radical (unpaired) electrons. The number of hydrogen-bond donors (Lipinski definition) is 1. The number of fused-ring (bicyclic) bond motifs is 2. The van der Waals surface area contributed by atoms with Gasteiger partial charge in [-0.3, -0.25) is 9.59 Å². The van der Waals surface area contributed by atoms with Gasteiger partial charge in [-0.25, -0.2) is 4.98 Å². The Kier molecular flexibility index (Phi) is 6.10. The van der Waals surface area contributed by atoms with Gasteiger partial charge >= 0.3 is 0 Å². The number of pyridine rings is 1. The molecule has 5 aromatic rings. The van der Waals surface area contributed by atoms with E-state index in [-0.39, 0.29) is 18.2 Å². The molecule has 0 fully saturated rings. The Morgan fingerprint density at radius 1 is 1.06 bits per heavy atom. The molecule has 0 aliphatic carbocycles. The lowest BCUT2D eigenvalue weighted by Gasteiger charge is -2.08. The Morgan fingerprint density at radius 3 is 2.68 bits per heavy atom. The van der Waals surface area contributed by atoms with Crippen molar-refractivity contribution in [3.05, 3.63) is 95.1 Å². The summed E-state index contributed by atoms with van der Waals surface area (Å²) in [7, 11) is 1.64. The molecule has 0 spiro atoms. The van der Waals surface area contributed by atoms with Crippen LogP contribution in [0.15, 0.2) is 79.1 Å². The smallest absolute Gasteiger partial charge is 0.239 e. The zero-order valence-corrected chi connectivity index (χ0v) is 19.5. The summed E-state index contributed by atoms with van der Waals surface area (Å²) in [4.78, 5) is 31.9. The average Bonchev–Trinajstić information content (AvgIpc) is 3.46. The molecule has 5 rings (SSSR count). The van der Waals surface area contributed by atoms with E-state index >= 15 is 0 Å². The highest BCUT2D eigenvalue weighted by molar-refractivity contribution is 7.20. The van der Waals surface area contributed by atoms with Gasteiger partial charge in [0.1, 0.15) is 17.1 Å². The summed E-state index contributed by atoms with van der Waals surface area (Å²) >= 11 is 1.39. The zero-order chi connectivity index (χ0) is 23.5. The number of ether oxygens (including phenoxy) is 1. The van der Waals surface area contributed by atoms with Crippen molar-refractivity contribution in [1.82, 2.24) is 14.9 Å². The summed E-state index contributed by atoms with van der Waals surface area (Å²) in [5, 5.41) is 4.77. The second kappa shape index (κ2) is 9.49. The fraction of sp³-hybridized carbons (Fsp3) is 0.148. The van der Waals surface area contributed by atoms with E-state index in [1.54, 1.807) is 19.5 Å². The maximum atomic E-state index is 13.4. The van der Waals surface area contributed by atoms with Crippen molar-refractivity contribution in [1.29, 1.82) is 0 Å². The van der Waals surface area contributed by atoms with Crippen molar-refractivity contribution in [2.24, 2.45) is 0 Å². The van der Waals surface area contributed by atoms with Crippen molar-refractivity contribution in [2.75, 3.05) is 13.7 Å². The van der Waals surface area contributed by atoms with E-state index in [2.05, 4.69) is 10.3 Å². The molecule has 3 aromatic heterocycles.